The number of halogens is 3. The molecule has 1 saturated heterocycles. The second kappa shape index (κ2) is 7.99. The normalized spacial score (nSPS) is 26.5. The Kier molecular flexibility index (Phi) is 5.03. The van der Waals surface area contributed by atoms with Crippen molar-refractivity contribution in [3.05, 3.63) is 47.0 Å². The zero-order valence-electron chi connectivity index (χ0n) is 18.8. The molecule has 1 aromatic carbocycles. The summed E-state index contributed by atoms with van der Waals surface area (Å²) in [5.41, 5.74) is 0.213. The molecule has 2 aromatic heterocycles. The predicted molar refractivity (Wildman–Crippen MR) is 117 cm³/mol. The van der Waals surface area contributed by atoms with Crippen LogP contribution < -0.4 is 10.2 Å². The van der Waals surface area contributed by atoms with Crippen molar-refractivity contribution in [3.8, 4) is 0 Å². The van der Waals surface area contributed by atoms with Gasteiger partial charge >= 0.3 is 12.2 Å². The van der Waals surface area contributed by atoms with Crippen molar-refractivity contribution in [2.75, 3.05) is 23.3 Å². The summed E-state index contributed by atoms with van der Waals surface area (Å²) in [5.74, 6) is 2.86. The van der Waals surface area contributed by atoms with Crippen LogP contribution in [0.1, 0.15) is 54.4 Å². The van der Waals surface area contributed by atoms with E-state index in [0.717, 1.165) is 68.8 Å². The van der Waals surface area contributed by atoms with Crippen LogP contribution >= 0.6 is 0 Å². The molecule has 2 bridgehead atoms. The van der Waals surface area contributed by atoms with Gasteiger partial charge in [-0.25, -0.2) is 4.68 Å². The topological polar surface area (TPSA) is 84.9 Å². The number of anilines is 2. The number of fused-ring (bicyclic) bond motifs is 3. The van der Waals surface area contributed by atoms with Crippen LogP contribution in [0, 0.1) is 18.8 Å². The second-order valence-electron chi connectivity index (χ2n) is 9.63. The number of nitrogens with zero attached hydrogens (tertiary/aromatic N) is 6. The molecule has 2 fully saturated rings. The van der Waals surface area contributed by atoms with Crippen LogP contribution in [0.15, 0.2) is 28.8 Å². The summed E-state index contributed by atoms with van der Waals surface area (Å²) in [7, 11) is 0. The summed E-state index contributed by atoms with van der Waals surface area (Å²) in [6.07, 6.45) is -0.341. The summed E-state index contributed by atoms with van der Waals surface area (Å²) in [5, 5.41) is 12.2. The first-order chi connectivity index (χ1) is 16.3. The monoisotopic (exact) mass is 473 g/mol. The molecule has 4 heterocycles. The third-order valence-corrected chi connectivity index (χ3v) is 7.43. The van der Waals surface area contributed by atoms with E-state index in [0.29, 0.717) is 29.6 Å². The van der Waals surface area contributed by atoms with Crippen LogP contribution in [0.5, 0.6) is 0 Å². The van der Waals surface area contributed by atoms with Gasteiger partial charge < -0.3 is 14.7 Å². The molecule has 1 saturated carbocycles. The Morgan fingerprint density at radius 1 is 1.03 bits per heavy atom. The van der Waals surface area contributed by atoms with Crippen molar-refractivity contribution < 1.29 is 17.7 Å². The maximum absolute atomic E-state index is 13.0. The predicted octanol–water partition coefficient (Wildman–Crippen LogP) is 4.24. The number of alkyl halides is 3. The lowest BCUT2D eigenvalue weighted by Crippen LogP contribution is -2.48. The molecule has 0 spiro atoms. The molecular formula is C23H26F3N7O. The van der Waals surface area contributed by atoms with E-state index in [9.17, 15) is 13.2 Å². The van der Waals surface area contributed by atoms with E-state index in [-0.39, 0.29) is 12.0 Å². The molecule has 0 amide bonds. The van der Waals surface area contributed by atoms with E-state index in [2.05, 4.69) is 20.4 Å². The van der Waals surface area contributed by atoms with E-state index in [1.807, 2.05) is 11.6 Å². The van der Waals surface area contributed by atoms with Gasteiger partial charge in [-0.15, -0.1) is 5.10 Å². The summed E-state index contributed by atoms with van der Waals surface area (Å²) in [6, 6.07) is 6.30. The van der Waals surface area contributed by atoms with E-state index in [1.54, 1.807) is 12.1 Å². The van der Waals surface area contributed by atoms with Crippen LogP contribution in [-0.2, 0) is 12.7 Å². The minimum Gasteiger partial charge on any atom is -0.350 e. The summed E-state index contributed by atoms with van der Waals surface area (Å²) < 4.78 is 46.2. The zero-order valence-corrected chi connectivity index (χ0v) is 18.8. The summed E-state index contributed by atoms with van der Waals surface area (Å²) >= 11 is 0. The minimum absolute atomic E-state index is 0.0570. The third-order valence-electron chi connectivity index (χ3n) is 7.43. The Morgan fingerprint density at radius 2 is 1.76 bits per heavy atom. The quantitative estimate of drug-likeness (QED) is 0.607. The number of piperidine rings is 1. The molecule has 0 radical (unpaired) electrons. The number of aryl methyl sites for hydroxylation is 2. The first-order valence-corrected chi connectivity index (χ1v) is 11.8. The first-order valence-electron chi connectivity index (χ1n) is 11.8. The fourth-order valence-corrected chi connectivity index (χ4v) is 5.81. The van der Waals surface area contributed by atoms with Gasteiger partial charge in [0.25, 0.3) is 0 Å². The van der Waals surface area contributed by atoms with Gasteiger partial charge in [0.05, 0.1) is 5.56 Å². The van der Waals surface area contributed by atoms with Crippen LogP contribution in [0.25, 0.3) is 0 Å². The Balaban J connectivity index is 1.19. The molecule has 34 heavy (non-hydrogen) atoms. The molecular weight excluding hydrogens is 447 g/mol. The number of hydrogen-bond acceptors (Lipinski definition) is 7. The highest BCUT2D eigenvalue weighted by atomic mass is 19.4. The third kappa shape index (κ3) is 3.80. The molecule has 1 aliphatic carbocycles. The highest BCUT2D eigenvalue weighted by molar-refractivity contribution is 5.36. The largest absolute Gasteiger partial charge is 0.416 e. The first kappa shape index (κ1) is 21.4. The molecule has 8 nitrogen and oxygen atoms in total. The Labute approximate surface area is 194 Å². The van der Waals surface area contributed by atoms with Gasteiger partial charge in [-0.3, -0.25) is 0 Å². The van der Waals surface area contributed by atoms with E-state index < -0.39 is 11.7 Å². The smallest absolute Gasteiger partial charge is 0.350 e. The van der Waals surface area contributed by atoms with Gasteiger partial charge in [0.15, 0.2) is 5.82 Å². The van der Waals surface area contributed by atoms with Gasteiger partial charge in [0.2, 0.25) is 5.95 Å². The van der Waals surface area contributed by atoms with Gasteiger partial charge in [-0.2, -0.15) is 23.1 Å². The number of nitrogens with one attached hydrogen (secondary N) is 1. The maximum atomic E-state index is 13.0. The highest BCUT2D eigenvalue weighted by Crippen LogP contribution is 2.40. The number of rotatable bonds is 4. The molecule has 180 valence electrons. The Hall–Kier alpha value is -3.11. The van der Waals surface area contributed by atoms with Crippen molar-refractivity contribution >= 4 is 12.0 Å². The standard InChI is InChI=1S/C23H26F3N7O/c1-13-27-22(34-31-13)32-11-15-4-5-16(12-32)19(15)28-21-29-20-18(3-2-10-33(20)30-21)14-6-8-17(9-7-14)23(24,25)26/h6-9,15-16,18-19H,2-5,10-12H2,1H3,(H,28,30)/t15-,16+,18?,19?. The molecule has 6 rings (SSSR count). The molecule has 3 aliphatic rings. The SMILES string of the molecule is Cc1noc(N2C[C@H]3CC[C@@H](C2)C3Nc2nc3n(n2)CCCC3c2ccc(C(F)(F)F)cc2)n1. The lowest BCUT2D eigenvalue weighted by molar-refractivity contribution is -0.137. The zero-order chi connectivity index (χ0) is 23.4. The maximum Gasteiger partial charge on any atom is 0.416 e. The van der Waals surface area contributed by atoms with Gasteiger partial charge in [0.1, 0.15) is 5.82 Å². The van der Waals surface area contributed by atoms with Crippen LogP contribution in [0.3, 0.4) is 0 Å². The van der Waals surface area contributed by atoms with Crippen molar-refractivity contribution in [3.63, 3.8) is 0 Å². The van der Waals surface area contributed by atoms with E-state index in [4.69, 9.17) is 14.6 Å². The number of aromatic nitrogens is 5. The average Bonchev–Trinajstić information content (AvgIpc) is 3.48. The lowest BCUT2D eigenvalue weighted by Gasteiger charge is -2.37. The molecule has 1 N–H and O–H groups in total. The molecule has 3 aromatic rings. The van der Waals surface area contributed by atoms with Gasteiger partial charge in [-0.05, 0) is 62.1 Å². The Morgan fingerprint density at radius 3 is 2.41 bits per heavy atom. The van der Waals surface area contributed by atoms with Crippen LogP contribution in [0.2, 0.25) is 0 Å². The summed E-state index contributed by atoms with van der Waals surface area (Å²) in [4.78, 5) is 11.4. The molecule has 4 atom stereocenters. The molecule has 2 unspecified atom stereocenters. The van der Waals surface area contributed by atoms with Gasteiger partial charge in [-0.1, -0.05) is 17.3 Å². The van der Waals surface area contributed by atoms with E-state index in [1.165, 1.54) is 0 Å². The minimum atomic E-state index is -4.33. The fraction of sp³-hybridized carbons (Fsp3) is 0.565. The number of hydrogen-bond donors (Lipinski definition) is 1. The molecule has 2 aliphatic heterocycles. The van der Waals surface area contributed by atoms with Gasteiger partial charge in [0, 0.05) is 31.6 Å². The second-order valence-corrected chi connectivity index (χ2v) is 9.63. The van der Waals surface area contributed by atoms with Crippen molar-refractivity contribution in [1.82, 2.24) is 24.9 Å². The van der Waals surface area contributed by atoms with Crippen molar-refractivity contribution in [2.24, 2.45) is 11.8 Å². The van der Waals surface area contributed by atoms with Crippen molar-refractivity contribution in [1.29, 1.82) is 0 Å². The van der Waals surface area contributed by atoms with E-state index >= 15 is 0 Å². The highest BCUT2D eigenvalue weighted by Gasteiger charge is 2.44. The van der Waals surface area contributed by atoms with Crippen LogP contribution in [0.4, 0.5) is 25.1 Å². The summed E-state index contributed by atoms with van der Waals surface area (Å²) in [6.45, 7) is 4.28. The Bertz CT molecular complexity index is 1160. The lowest BCUT2D eigenvalue weighted by atomic mass is 9.90. The number of benzene rings is 1. The van der Waals surface area contributed by atoms with Crippen molar-refractivity contribution in [2.45, 2.75) is 57.3 Å². The molecule has 11 heteroatoms. The fourth-order valence-electron chi connectivity index (χ4n) is 5.81. The average molecular weight is 474 g/mol. The van der Waals surface area contributed by atoms with Crippen LogP contribution in [-0.4, -0.2) is 44.0 Å².